The molecule has 0 radical (unpaired) electrons. The largest absolute Gasteiger partial charge is 0.466 e. The predicted octanol–water partition coefficient (Wildman–Crippen LogP) is 27.2. The number of hydrogen-bond acceptors (Lipinski definition) is 5. The first-order valence-corrected chi connectivity index (χ1v) is 41.1. The van der Waals surface area contributed by atoms with E-state index in [1.54, 1.807) is 0 Å². The van der Waals surface area contributed by atoms with Crippen molar-refractivity contribution in [3.63, 3.8) is 0 Å². The van der Waals surface area contributed by atoms with Crippen molar-refractivity contribution < 1.29 is 24.5 Å². The smallest absolute Gasteiger partial charge is 0.305 e. The molecule has 0 fully saturated rings. The van der Waals surface area contributed by atoms with E-state index >= 15 is 0 Å². The Morgan fingerprint density at radius 2 is 0.528 bits per heavy atom. The number of unbranched alkanes of at least 4 members (excludes halogenated alkanes) is 63. The van der Waals surface area contributed by atoms with E-state index in [0.29, 0.717) is 25.9 Å². The van der Waals surface area contributed by atoms with Gasteiger partial charge in [-0.15, -0.1) is 0 Å². The molecular weight excluding hydrogens is 1090 g/mol. The first kappa shape index (κ1) is 87.3. The van der Waals surface area contributed by atoms with E-state index in [1.165, 1.54) is 398 Å². The third kappa shape index (κ3) is 75.3. The van der Waals surface area contributed by atoms with Gasteiger partial charge < -0.3 is 20.3 Å². The molecule has 2 unspecified atom stereocenters. The summed E-state index contributed by atoms with van der Waals surface area (Å²) in [6, 6.07) is -0.538. The zero-order chi connectivity index (χ0) is 64.2. The van der Waals surface area contributed by atoms with Crippen molar-refractivity contribution in [3.8, 4) is 0 Å². The van der Waals surface area contributed by atoms with Crippen molar-refractivity contribution >= 4 is 11.9 Å². The first-order chi connectivity index (χ1) is 44.0. The Bertz CT molecular complexity index is 1400. The predicted molar refractivity (Wildman–Crippen MR) is 393 cm³/mol. The van der Waals surface area contributed by atoms with Crippen LogP contribution < -0.4 is 5.32 Å². The monoisotopic (exact) mass is 1250 g/mol. The summed E-state index contributed by atoms with van der Waals surface area (Å²) in [5.74, 6) is -0.00479. The fraction of sp³-hybridized carbons (Fsp3) is 0.928. The highest BCUT2D eigenvalue weighted by molar-refractivity contribution is 5.76. The molecule has 1 amide bonds. The molecule has 0 rings (SSSR count). The number of amides is 1. The van der Waals surface area contributed by atoms with Gasteiger partial charge in [-0.25, -0.2) is 0 Å². The lowest BCUT2D eigenvalue weighted by atomic mass is 10.0. The topological polar surface area (TPSA) is 95.9 Å². The van der Waals surface area contributed by atoms with Gasteiger partial charge in [-0.05, 0) is 77.0 Å². The van der Waals surface area contributed by atoms with Crippen LogP contribution >= 0.6 is 0 Å². The normalized spacial score (nSPS) is 12.5. The minimum atomic E-state index is -0.661. The summed E-state index contributed by atoms with van der Waals surface area (Å²) in [4.78, 5) is 24.7. The minimum absolute atomic E-state index is 0.0221. The van der Waals surface area contributed by atoms with Gasteiger partial charge in [0.1, 0.15) is 0 Å². The Morgan fingerprint density at radius 1 is 0.303 bits per heavy atom. The van der Waals surface area contributed by atoms with Gasteiger partial charge in [0.15, 0.2) is 0 Å². The molecule has 0 aromatic heterocycles. The summed E-state index contributed by atoms with van der Waals surface area (Å²) in [5.41, 5.74) is 0. The fourth-order valence-corrected chi connectivity index (χ4v) is 13.2. The Hall–Kier alpha value is -1.66. The van der Waals surface area contributed by atoms with E-state index in [-0.39, 0.29) is 18.5 Å². The van der Waals surface area contributed by atoms with Crippen LogP contribution in [0.15, 0.2) is 24.3 Å². The van der Waals surface area contributed by atoms with Crippen LogP contribution in [0.25, 0.3) is 0 Å². The number of ether oxygens (including phenoxy) is 1. The van der Waals surface area contributed by atoms with Crippen LogP contribution in [0.5, 0.6) is 0 Å². The number of carbonyl (C=O) groups is 2. The Balaban J connectivity index is 3.31. The second-order valence-corrected chi connectivity index (χ2v) is 28.5. The maximum absolute atomic E-state index is 12.5. The molecule has 0 bridgehead atoms. The van der Waals surface area contributed by atoms with Crippen molar-refractivity contribution in [2.45, 2.75) is 482 Å². The third-order valence-electron chi connectivity index (χ3n) is 19.5. The maximum Gasteiger partial charge on any atom is 0.305 e. The Morgan fingerprint density at radius 3 is 0.798 bits per heavy atom. The lowest BCUT2D eigenvalue weighted by Crippen LogP contribution is -2.45. The van der Waals surface area contributed by atoms with Crippen molar-refractivity contribution in [3.05, 3.63) is 24.3 Å². The highest BCUT2D eigenvalue weighted by atomic mass is 16.5. The zero-order valence-corrected chi connectivity index (χ0v) is 60.7. The summed E-state index contributed by atoms with van der Waals surface area (Å²) in [5, 5.41) is 23.4. The molecule has 89 heavy (non-hydrogen) atoms. The van der Waals surface area contributed by atoms with Crippen molar-refractivity contribution in [2.24, 2.45) is 0 Å². The molecule has 0 spiro atoms. The molecule has 0 heterocycles. The zero-order valence-electron chi connectivity index (χ0n) is 60.7. The Kier molecular flexibility index (Phi) is 77.3. The fourth-order valence-electron chi connectivity index (χ4n) is 13.2. The number of aliphatic hydroxyl groups is 2. The van der Waals surface area contributed by atoms with Crippen LogP contribution in [-0.2, 0) is 14.3 Å². The van der Waals surface area contributed by atoms with Gasteiger partial charge in [-0.2, -0.15) is 0 Å². The van der Waals surface area contributed by atoms with E-state index < -0.39 is 12.1 Å². The molecule has 0 aromatic rings. The number of hydrogen-bond donors (Lipinski definition) is 3. The molecule has 6 heteroatoms. The van der Waals surface area contributed by atoms with Crippen molar-refractivity contribution in [1.29, 1.82) is 0 Å². The van der Waals surface area contributed by atoms with Gasteiger partial charge in [-0.1, -0.05) is 404 Å². The third-order valence-corrected chi connectivity index (χ3v) is 19.5. The molecule has 6 nitrogen and oxygen atoms in total. The average Bonchev–Trinajstić information content (AvgIpc) is 3.56. The summed E-state index contributed by atoms with van der Waals surface area (Å²) in [7, 11) is 0. The number of rotatable bonds is 78. The van der Waals surface area contributed by atoms with Gasteiger partial charge in [0.05, 0.1) is 25.4 Å². The maximum atomic E-state index is 12.5. The standard InChI is InChI=1S/C83H161NO5/c1-3-5-7-9-11-13-15-17-19-21-41-45-49-53-57-61-65-69-73-77-83(88)89-78-74-70-66-62-58-54-50-46-43-40-38-36-34-32-30-28-26-24-22-23-25-27-29-31-33-35-37-39-42-44-48-52-56-60-64-68-72-76-82(87)84-80(79-85)81(86)75-71-67-63-59-55-51-47-20-18-16-14-12-10-8-6-4-2/h17,19,22,24,80-81,85-86H,3-16,18,20-21,23,25-79H2,1-2H3,(H,84,87)/b19-17-,24-22-. The van der Waals surface area contributed by atoms with Crippen molar-refractivity contribution in [1.82, 2.24) is 5.32 Å². The van der Waals surface area contributed by atoms with Crippen LogP contribution in [0.1, 0.15) is 470 Å². The van der Waals surface area contributed by atoms with Crippen LogP contribution in [0.4, 0.5) is 0 Å². The van der Waals surface area contributed by atoms with Crippen LogP contribution in [0, 0.1) is 0 Å². The molecule has 528 valence electrons. The van der Waals surface area contributed by atoms with Crippen LogP contribution in [-0.4, -0.2) is 47.4 Å². The highest BCUT2D eigenvalue weighted by Crippen LogP contribution is 2.20. The minimum Gasteiger partial charge on any atom is -0.466 e. The van der Waals surface area contributed by atoms with Gasteiger partial charge in [0, 0.05) is 12.8 Å². The number of esters is 1. The van der Waals surface area contributed by atoms with Crippen LogP contribution in [0.2, 0.25) is 0 Å². The molecule has 0 aliphatic carbocycles. The molecule has 0 aliphatic heterocycles. The van der Waals surface area contributed by atoms with Crippen molar-refractivity contribution in [2.75, 3.05) is 13.2 Å². The van der Waals surface area contributed by atoms with Gasteiger partial charge in [-0.3, -0.25) is 9.59 Å². The lowest BCUT2D eigenvalue weighted by molar-refractivity contribution is -0.143. The van der Waals surface area contributed by atoms with Gasteiger partial charge in [0.25, 0.3) is 0 Å². The summed E-state index contributed by atoms with van der Waals surface area (Å²) in [6.45, 7) is 5.00. The van der Waals surface area contributed by atoms with Gasteiger partial charge >= 0.3 is 5.97 Å². The average molecular weight is 1250 g/mol. The second-order valence-electron chi connectivity index (χ2n) is 28.5. The summed E-state index contributed by atoms with van der Waals surface area (Å²) in [6.07, 6.45) is 101. The number of carbonyl (C=O) groups excluding carboxylic acids is 2. The van der Waals surface area contributed by atoms with E-state index in [0.717, 1.165) is 38.5 Å². The number of aliphatic hydroxyl groups excluding tert-OH is 2. The molecule has 0 saturated heterocycles. The molecule has 0 aromatic carbocycles. The molecule has 2 atom stereocenters. The van der Waals surface area contributed by atoms with E-state index in [9.17, 15) is 19.8 Å². The first-order valence-electron chi connectivity index (χ1n) is 41.1. The van der Waals surface area contributed by atoms with Crippen LogP contribution in [0.3, 0.4) is 0 Å². The lowest BCUT2D eigenvalue weighted by Gasteiger charge is -2.22. The quantitative estimate of drug-likeness (QED) is 0.0320. The summed E-state index contributed by atoms with van der Waals surface area (Å²) < 4.78 is 5.52. The molecule has 3 N–H and O–H groups in total. The second kappa shape index (κ2) is 78.8. The van der Waals surface area contributed by atoms with E-state index in [2.05, 4.69) is 43.5 Å². The molecular formula is C83H161NO5. The number of allylic oxidation sites excluding steroid dienone is 4. The van der Waals surface area contributed by atoms with Gasteiger partial charge in [0.2, 0.25) is 5.91 Å². The number of nitrogens with one attached hydrogen (secondary N) is 1. The summed E-state index contributed by atoms with van der Waals surface area (Å²) >= 11 is 0. The Labute approximate surface area is 558 Å². The molecule has 0 aliphatic rings. The highest BCUT2D eigenvalue weighted by Gasteiger charge is 2.20. The van der Waals surface area contributed by atoms with E-state index in [1.807, 2.05) is 0 Å². The molecule has 0 saturated carbocycles. The van der Waals surface area contributed by atoms with E-state index in [4.69, 9.17) is 4.74 Å². The SMILES string of the molecule is CCCCCCCC/C=C\CCCCCCCCCCCC(=O)OCCCCCCCCCCCCCCCCCC/C=C\CCCCCCCCCCCCCCCCCCCC(=O)NC(CO)C(O)CCCCCCCCCCCCCCCCCC.